The van der Waals surface area contributed by atoms with Crippen LogP contribution in [0.4, 0.5) is 0 Å². The molecule has 1 saturated heterocycles. The lowest BCUT2D eigenvalue weighted by atomic mass is 9.89. The van der Waals surface area contributed by atoms with Gasteiger partial charge in [-0.3, -0.25) is 4.90 Å². The van der Waals surface area contributed by atoms with E-state index in [4.69, 9.17) is 14.6 Å². The maximum Gasteiger partial charge on any atom is 0.341 e. The van der Waals surface area contributed by atoms with E-state index in [9.17, 15) is 9.90 Å². The second-order valence-electron chi connectivity index (χ2n) is 6.97. The molecule has 0 saturated carbocycles. The van der Waals surface area contributed by atoms with Crippen LogP contribution in [0.1, 0.15) is 23.1 Å². The first kappa shape index (κ1) is 19.2. The topological polar surface area (TPSA) is 79.2 Å². The molecule has 0 amide bonds. The number of carboxylic acid groups (broad SMARTS) is 1. The smallest absolute Gasteiger partial charge is 0.341 e. The minimum atomic E-state index is -1.04. The minimum absolute atomic E-state index is 0.408. The summed E-state index contributed by atoms with van der Waals surface area (Å²) in [6.07, 6.45) is 0.677. The molecule has 1 fully saturated rings. The van der Waals surface area contributed by atoms with Crippen LogP contribution in [-0.4, -0.2) is 47.9 Å². The van der Waals surface area contributed by atoms with Crippen molar-refractivity contribution in [1.82, 2.24) is 4.90 Å². The summed E-state index contributed by atoms with van der Waals surface area (Å²) in [5.74, 6) is -0.131. The van der Waals surface area contributed by atoms with Gasteiger partial charge in [0.1, 0.15) is 5.60 Å². The van der Waals surface area contributed by atoms with Crippen LogP contribution in [0.15, 0.2) is 42.5 Å². The molecule has 1 atom stereocenters. The van der Waals surface area contributed by atoms with E-state index in [-0.39, 0.29) is 0 Å². The molecule has 0 aliphatic carbocycles. The highest BCUT2D eigenvalue weighted by molar-refractivity contribution is 5.68. The summed E-state index contributed by atoms with van der Waals surface area (Å²) >= 11 is 0. The lowest BCUT2D eigenvalue weighted by Gasteiger charge is -2.26. The van der Waals surface area contributed by atoms with Crippen molar-refractivity contribution in [3.8, 4) is 11.5 Å². The quantitative estimate of drug-likeness (QED) is 0.779. The number of nitrogens with zero attached hydrogens (tertiary/aromatic N) is 1. The van der Waals surface area contributed by atoms with E-state index in [0.717, 1.165) is 23.2 Å². The molecule has 2 aromatic rings. The Morgan fingerprint density at radius 2 is 2.00 bits per heavy atom. The Hall–Kier alpha value is -2.57. The van der Waals surface area contributed by atoms with Crippen LogP contribution in [-0.2, 0) is 16.9 Å². The molecule has 6 heteroatoms. The number of β-amino-alcohol motifs (C(OH)–C–C–N with tert-alkyl or cyclic N) is 1. The average Bonchev–Trinajstić information content (AvgIpc) is 3.02. The highest BCUT2D eigenvalue weighted by Gasteiger charge is 2.38. The van der Waals surface area contributed by atoms with Crippen LogP contribution in [0.3, 0.4) is 0 Å². The Bertz CT molecular complexity index is 822. The molecule has 1 aliphatic heterocycles. The average molecular weight is 371 g/mol. The molecule has 0 spiro atoms. The largest absolute Gasteiger partial charge is 0.493 e. The van der Waals surface area contributed by atoms with Crippen molar-refractivity contribution < 1.29 is 24.5 Å². The number of ether oxygens (including phenoxy) is 2. The molecule has 0 radical (unpaired) electrons. The molecule has 3 rings (SSSR count). The van der Waals surface area contributed by atoms with Crippen molar-refractivity contribution >= 4 is 5.97 Å². The third-order valence-corrected chi connectivity index (χ3v) is 4.96. The number of likely N-dealkylation sites (tertiary alicyclic amines) is 1. The summed E-state index contributed by atoms with van der Waals surface area (Å²) in [4.78, 5) is 13.0. The van der Waals surface area contributed by atoms with Crippen molar-refractivity contribution in [1.29, 1.82) is 0 Å². The van der Waals surface area contributed by atoms with Gasteiger partial charge in [0, 0.05) is 19.6 Å². The maximum atomic E-state index is 11.1. The van der Waals surface area contributed by atoms with Gasteiger partial charge < -0.3 is 19.7 Å². The van der Waals surface area contributed by atoms with Crippen molar-refractivity contribution in [3.05, 3.63) is 59.2 Å². The summed E-state index contributed by atoms with van der Waals surface area (Å²) in [6.45, 7) is 3.57. The van der Waals surface area contributed by atoms with Crippen LogP contribution in [0.2, 0.25) is 0 Å². The van der Waals surface area contributed by atoms with Gasteiger partial charge in [-0.05, 0) is 42.2 Å². The van der Waals surface area contributed by atoms with Gasteiger partial charge in [-0.25, -0.2) is 4.79 Å². The van der Waals surface area contributed by atoms with E-state index in [2.05, 4.69) is 4.90 Å². The van der Waals surface area contributed by atoms with E-state index >= 15 is 0 Å². The molecule has 0 bridgehead atoms. The van der Waals surface area contributed by atoms with Crippen molar-refractivity contribution in [2.75, 3.05) is 26.8 Å². The number of methoxy groups -OCH3 is 1. The fraction of sp³-hybridized carbons (Fsp3) is 0.381. The van der Waals surface area contributed by atoms with Crippen molar-refractivity contribution in [2.45, 2.75) is 25.5 Å². The van der Waals surface area contributed by atoms with Gasteiger partial charge in [-0.1, -0.05) is 30.3 Å². The molecule has 1 aliphatic rings. The molecule has 0 aromatic heterocycles. The Kier molecular flexibility index (Phi) is 5.68. The molecule has 2 N–H and O–H groups in total. The molecule has 27 heavy (non-hydrogen) atoms. The number of hydrogen-bond acceptors (Lipinski definition) is 5. The molecular formula is C21H25NO5. The van der Waals surface area contributed by atoms with E-state index in [1.807, 2.05) is 37.3 Å². The zero-order valence-corrected chi connectivity index (χ0v) is 15.6. The fourth-order valence-corrected chi connectivity index (χ4v) is 3.65. The lowest BCUT2D eigenvalue weighted by Crippen LogP contribution is -2.31. The first-order valence-corrected chi connectivity index (χ1v) is 8.93. The van der Waals surface area contributed by atoms with Crippen LogP contribution in [0, 0.1) is 6.92 Å². The maximum absolute atomic E-state index is 11.1. The molecule has 1 heterocycles. The number of rotatable bonds is 7. The zero-order valence-electron chi connectivity index (χ0n) is 15.6. The Morgan fingerprint density at radius 1 is 1.22 bits per heavy atom. The first-order valence-electron chi connectivity index (χ1n) is 8.93. The van der Waals surface area contributed by atoms with Crippen molar-refractivity contribution in [3.63, 3.8) is 0 Å². The minimum Gasteiger partial charge on any atom is -0.493 e. The van der Waals surface area contributed by atoms with Crippen LogP contribution in [0.25, 0.3) is 0 Å². The van der Waals surface area contributed by atoms with E-state index in [1.54, 1.807) is 12.1 Å². The number of aliphatic hydroxyl groups is 1. The molecular weight excluding hydrogens is 346 g/mol. The summed E-state index contributed by atoms with van der Waals surface area (Å²) in [7, 11) is 1.52. The molecule has 0 unspecified atom stereocenters. The van der Waals surface area contributed by atoms with E-state index in [0.29, 0.717) is 31.0 Å². The van der Waals surface area contributed by atoms with Gasteiger partial charge in [-0.2, -0.15) is 0 Å². The van der Waals surface area contributed by atoms with Gasteiger partial charge in [-0.15, -0.1) is 0 Å². The lowest BCUT2D eigenvalue weighted by molar-refractivity contribution is -0.139. The van der Waals surface area contributed by atoms with Crippen molar-refractivity contribution in [2.24, 2.45) is 0 Å². The second-order valence-corrected chi connectivity index (χ2v) is 6.97. The SMILES string of the molecule is COc1ccc(CN2CC[C@](O)(c3ccccc3C)C2)cc1OCC(=O)O. The fourth-order valence-electron chi connectivity index (χ4n) is 3.65. The molecule has 144 valence electrons. The highest BCUT2D eigenvalue weighted by Crippen LogP contribution is 2.35. The number of aryl methyl sites for hydroxylation is 1. The predicted molar refractivity (Wildman–Crippen MR) is 101 cm³/mol. The summed E-state index contributed by atoms with van der Waals surface area (Å²) in [5.41, 5.74) is 2.20. The van der Waals surface area contributed by atoms with Gasteiger partial charge in [0.05, 0.1) is 7.11 Å². The van der Waals surface area contributed by atoms with Gasteiger partial charge in [0.2, 0.25) is 0 Å². The third-order valence-electron chi connectivity index (χ3n) is 4.96. The monoisotopic (exact) mass is 371 g/mol. The van der Waals surface area contributed by atoms with Gasteiger partial charge >= 0.3 is 5.97 Å². The van der Waals surface area contributed by atoms with Crippen LogP contribution < -0.4 is 9.47 Å². The predicted octanol–water partition coefficient (Wildman–Crippen LogP) is 2.56. The summed E-state index contributed by atoms with van der Waals surface area (Å²) in [5, 5.41) is 19.9. The van der Waals surface area contributed by atoms with Gasteiger partial charge in [0.25, 0.3) is 0 Å². The number of benzene rings is 2. The normalized spacial score (nSPS) is 19.8. The number of hydrogen-bond donors (Lipinski definition) is 2. The third kappa shape index (κ3) is 4.40. The summed E-state index contributed by atoms with van der Waals surface area (Å²) < 4.78 is 10.6. The van der Waals surface area contributed by atoms with Crippen LogP contribution >= 0.6 is 0 Å². The Labute approximate surface area is 159 Å². The Morgan fingerprint density at radius 3 is 2.70 bits per heavy atom. The number of carbonyl (C=O) groups is 1. The number of aliphatic carboxylic acids is 1. The van der Waals surface area contributed by atoms with Crippen LogP contribution in [0.5, 0.6) is 11.5 Å². The van der Waals surface area contributed by atoms with E-state index in [1.165, 1.54) is 7.11 Å². The second kappa shape index (κ2) is 7.98. The number of carboxylic acids is 1. The Balaban J connectivity index is 1.72. The zero-order chi connectivity index (χ0) is 19.4. The van der Waals surface area contributed by atoms with Gasteiger partial charge in [0.15, 0.2) is 18.1 Å². The highest BCUT2D eigenvalue weighted by atomic mass is 16.5. The summed E-state index contributed by atoms with van der Waals surface area (Å²) in [6, 6.07) is 13.4. The van der Waals surface area contributed by atoms with E-state index < -0.39 is 18.2 Å². The first-order chi connectivity index (χ1) is 12.9. The molecule has 2 aromatic carbocycles. The molecule has 6 nitrogen and oxygen atoms in total. The standard InChI is InChI=1S/C21H25NO5/c1-15-5-3-4-6-17(15)21(25)9-10-22(14-21)12-16-7-8-18(26-2)19(11-16)27-13-20(23)24/h3-8,11,25H,9-10,12-14H2,1-2H3,(H,23,24)/t21-/m1/s1.